The summed E-state index contributed by atoms with van der Waals surface area (Å²) in [6.45, 7) is 11.6. The molecule has 0 saturated carbocycles. The van der Waals surface area contributed by atoms with Gasteiger partial charge >= 0.3 is 0 Å². The number of thiol groups is 1. The van der Waals surface area contributed by atoms with Crippen LogP contribution < -0.4 is 4.90 Å². The summed E-state index contributed by atoms with van der Waals surface area (Å²) in [5.41, 5.74) is 4.90. The van der Waals surface area contributed by atoms with Crippen LogP contribution in [-0.2, 0) is 16.1 Å². The van der Waals surface area contributed by atoms with Crippen molar-refractivity contribution in [2.24, 2.45) is 0 Å². The number of rotatable bonds is 11. The van der Waals surface area contributed by atoms with Crippen molar-refractivity contribution in [3.63, 3.8) is 0 Å². The number of benzene rings is 3. The molecule has 1 aliphatic rings. The quantitative estimate of drug-likeness (QED) is 0.0821. The highest BCUT2D eigenvalue weighted by atomic mass is 32.1. The van der Waals surface area contributed by atoms with Crippen molar-refractivity contribution in [1.29, 1.82) is 0 Å². The van der Waals surface area contributed by atoms with E-state index in [0.29, 0.717) is 30.1 Å². The van der Waals surface area contributed by atoms with Crippen LogP contribution in [0.1, 0.15) is 58.8 Å². The number of nitrogens with zero attached hydrogens (tertiary/aromatic N) is 1. The molecule has 1 heterocycles. The molecule has 2 atom stereocenters. The molecular formula is C41H50FNO4S. The Morgan fingerprint density at radius 2 is 1.60 bits per heavy atom. The molecule has 1 saturated heterocycles. The van der Waals surface area contributed by atoms with Gasteiger partial charge in [0.15, 0.2) is 0 Å². The van der Waals surface area contributed by atoms with E-state index < -0.39 is 6.10 Å². The van der Waals surface area contributed by atoms with Crippen LogP contribution in [0.15, 0.2) is 157 Å². The molecule has 2 N–H and O–H groups in total. The smallest absolute Gasteiger partial charge is 0.230 e. The molecule has 3 aromatic rings. The normalized spacial score (nSPS) is 15.6. The third-order valence-electron chi connectivity index (χ3n) is 7.00. The predicted octanol–water partition coefficient (Wildman–Crippen LogP) is 10.4. The van der Waals surface area contributed by atoms with Crippen LogP contribution in [0, 0.1) is 5.82 Å². The highest BCUT2D eigenvalue weighted by Gasteiger charge is 2.40. The monoisotopic (exact) mass is 671 g/mol. The van der Waals surface area contributed by atoms with E-state index in [-0.39, 0.29) is 25.2 Å². The molecule has 3 aromatic carbocycles. The Balaban J connectivity index is 0.000000473. The van der Waals surface area contributed by atoms with Gasteiger partial charge in [-0.05, 0) is 75.2 Å². The van der Waals surface area contributed by atoms with Crippen molar-refractivity contribution in [3.05, 3.63) is 174 Å². The minimum absolute atomic E-state index is 0. The molecule has 0 aromatic heterocycles. The molecule has 0 aliphatic carbocycles. The lowest BCUT2D eigenvalue weighted by atomic mass is 9.90. The molecule has 2 unspecified atom stereocenters. The van der Waals surface area contributed by atoms with Gasteiger partial charge in [-0.3, -0.25) is 4.79 Å². The van der Waals surface area contributed by atoms with Crippen LogP contribution >= 0.6 is 12.6 Å². The number of amides is 1. The second kappa shape index (κ2) is 22.9. The average Bonchev–Trinajstić information content (AvgIpc) is 3.08. The highest BCUT2D eigenvalue weighted by Crippen LogP contribution is 2.35. The maximum absolute atomic E-state index is 12.4. The van der Waals surface area contributed by atoms with Gasteiger partial charge in [-0.25, -0.2) is 4.39 Å². The van der Waals surface area contributed by atoms with Crippen molar-refractivity contribution < 1.29 is 24.1 Å². The van der Waals surface area contributed by atoms with Crippen LogP contribution in [0.25, 0.3) is 0 Å². The number of hydrogen-bond donors (Lipinski definition) is 3. The van der Waals surface area contributed by atoms with Crippen LogP contribution in [0.3, 0.4) is 0 Å². The lowest BCUT2D eigenvalue weighted by Gasteiger charge is -2.42. The second-order valence-corrected chi connectivity index (χ2v) is 10.9. The number of ether oxygens (including phenoxy) is 1. The Labute approximate surface area is 292 Å². The Morgan fingerprint density at radius 1 is 1.00 bits per heavy atom. The van der Waals surface area contributed by atoms with E-state index in [9.17, 15) is 14.3 Å². The summed E-state index contributed by atoms with van der Waals surface area (Å²) in [7, 11) is 0. The van der Waals surface area contributed by atoms with E-state index in [1.807, 2.05) is 67.3 Å². The zero-order valence-electron chi connectivity index (χ0n) is 27.6. The van der Waals surface area contributed by atoms with Crippen LogP contribution in [0.5, 0.6) is 0 Å². The third kappa shape index (κ3) is 14.0. The standard InChI is InChI=1S/C25H27NO2.C8H9FOS.C7H10O.CH4/c1-4-19(3)16-24(28-18-20-12-8-6-9-13-20)22(5-2)23-17-25(27)26(23)21-14-10-7-11-15-21;9-7-3-1-6(2-4-7)8(10)5-11;1-3-4-5-6-7(2)8;/h4-16,23H,17-18H2,1-3H3;1-4,8,10-11H,5H2;3-6,8H,1H2,2H3;1H4/b19-4-,22-5-,24-16+;;5-4-,7-6+;. The summed E-state index contributed by atoms with van der Waals surface area (Å²) in [6.07, 6.45) is 12.8. The van der Waals surface area contributed by atoms with Crippen LogP contribution in [0.4, 0.5) is 10.1 Å². The summed E-state index contributed by atoms with van der Waals surface area (Å²) in [5, 5.41) is 17.8. The molecule has 256 valence electrons. The molecule has 7 heteroatoms. The van der Waals surface area contributed by atoms with E-state index in [1.165, 1.54) is 12.1 Å². The number of aliphatic hydroxyl groups is 2. The number of hydrogen-bond acceptors (Lipinski definition) is 5. The minimum atomic E-state index is -0.598. The molecule has 0 spiro atoms. The van der Waals surface area contributed by atoms with Gasteiger partial charge in [-0.1, -0.05) is 111 Å². The zero-order valence-corrected chi connectivity index (χ0v) is 28.5. The van der Waals surface area contributed by atoms with Crippen molar-refractivity contribution >= 4 is 24.2 Å². The van der Waals surface area contributed by atoms with Gasteiger partial charge in [-0.2, -0.15) is 12.6 Å². The Kier molecular flexibility index (Phi) is 19.7. The van der Waals surface area contributed by atoms with Gasteiger partial charge in [-0.15, -0.1) is 0 Å². The molecule has 4 rings (SSSR count). The number of aliphatic hydroxyl groups excluding tert-OH is 2. The topological polar surface area (TPSA) is 70.0 Å². The highest BCUT2D eigenvalue weighted by molar-refractivity contribution is 7.80. The SMILES string of the molecule is C.C=C/C=C\C=C(/C)O.C\C=C(C)/C=C(OCc1ccccc1)\C(=C/C)C1CC(=O)N1c1ccccc1.OC(CS)c1ccc(F)cc1. The first-order valence-electron chi connectivity index (χ1n) is 15.4. The zero-order chi connectivity index (χ0) is 34.6. The second-order valence-electron chi connectivity index (χ2n) is 10.6. The van der Waals surface area contributed by atoms with Gasteiger partial charge < -0.3 is 19.8 Å². The average molecular weight is 672 g/mol. The van der Waals surface area contributed by atoms with Crippen molar-refractivity contribution in [3.8, 4) is 0 Å². The summed E-state index contributed by atoms with van der Waals surface area (Å²) in [5.74, 6) is 1.33. The van der Waals surface area contributed by atoms with E-state index in [0.717, 1.165) is 28.2 Å². The van der Waals surface area contributed by atoms with Gasteiger partial charge in [0, 0.05) is 17.0 Å². The molecule has 0 radical (unpaired) electrons. The van der Waals surface area contributed by atoms with E-state index in [4.69, 9.17) is 9.84 Å². The first-order valence-corrected chi connectivity index (χ1v) is 16.0. The molecule has 0 bridgehead atoms. The van der Waals surface area contributed by atoms with Gasteiger partial charge in [0.25, 0.3) is 0 Å². The number of para-hydroxylation sites is 1. The maximum atomic E-state index is 12.4. The van der Waals surface area contributed by atoms with Gasteiger partial charge in [0.1, 0.15) is 18.2 Å². The molecule has 1 fully saturated rings. The van der Waals surface area contributed by atoms with Crippen molar-refractivity contribution in [1.82, 2.24) is 0 Å². The maximum Gasteiger partial charge on any atom is 0.230 e. The summed E-state index contributed by atoms with van der Waals surface area (Å²) < 4.78 is 18.6. The molecule has 48 heavy (non-hydrogen) atoms. The van der Waals surface area contributed by atoms with Crippen molar-refractivity contribution in [2.75, 3.05) is 10.7 Å². The first kappa shape index (κ1) is 41.4. The Bertz CT molecular complexity index is 1540. The fourth-order valence-corrected chi connectivity index (χ4v) is 4.59. The number of carbonyl (C=O) groups is 1. The summed E-state index contributed by atoms with van der Waals surface area (Å²) in [6, 6.07) is 25.7. The lowest BCUT2D eigenvalue weighted by molar-refractivity contribution is -0.123. The predicted molar refractivity (Wildman–Crippen MR) is 203 cm³/mol. The molecule has 1 amide bonds. The summed E-state index contributed by atoms with van der Waals surface area (Å²) >= 11 is 3.91. The lowest BCUT2D eigenvalue weighted by Crippen LogP contribution is -2.54. The first-order chi connectivity index (χ1) is 22.6. The minimum Gasteiger partial charge on any atom is -0.513 e. The molecular weight excluding hydrogens is 622 g/mol. The van der Waals surface area contributed by atoms with E-state index >= 15 is 0 Å². The fraction of sp³-hybridized carbons (Fsp3) is 0.244. The van der Waals surface area contributed by atoms with Gasteiger partial charge in [0.05, 0.1) is 24.3 Å². The number of anilines is 1. The van der Waals surface area contributed by atoms with E-state index in [1.54, 1.807) is 43.4 Å². The Hall–Kier alpha value is -4.59. The fourth-order valence-electron chi connectivity index (χ4n) is 4.37. The largest absolute Gasteiger partial charge is 0.513 e. The molecule has 1 aliphatic heterocycles. The van der Waals surface area contributed by atoms with Crippen molar-refractivity contribution in [2.45, 2.75) is 60.3 Å². The number of halogens is 1. The third-order valence-corrected chi connectivity index (χ3v) is 7.35. The Morgan fingerprint density at radius 3 is 2.10 bits per heavy atom. The number of allylic oxidation sites excluding steroid dienone is 9. The number of β-lactam (4-membered cyclic amide) rings is 1. The van der Waals surface area contributed by atoms with Crippen LogP contribution in [-0.4, -0.2) is 27.9 Å². The molecule has 5 nitrogen and oxygen atoms in total. The van der Waals surface area contributed by atoms with Gasteiger partial charge in [0.2, 0.25) is 5.91 Å². The van der Waals surface area contributed by atoms with E-state index in [2.05, 4.69) is 56.5 Å². The summed E-state index contributed by atoms with van der Waals surface area (Å²) in [4.78, 5) is 14.2. The number of carbonyl (C=O) groups excluding carboxylic acids is 1. The van der Waals surface area contributed by atoms with Crippen LogP contribution in [0.2, 0.25) is 0 Å².